The van der Waals surface area contributed by atoms with Crippen molar-refractivity contribution in [2.24, 2.45) is 5.92 Å². The predicted octanol–water partition coefficient (Wildman–Crippen LogP) is 0.812. The second-order valence-corrected chi connectivity index (χ2v) is 5.20. The third kappa shape index (κ3) is 1.84. The highest BCUT2D eigenvalue weighted by molar-refractivity contribution is 8.11. The van der Waals surface area contributed by atoms with Crippen molar-refractivity contribution < 1.29 is 8.42 Å². The van der Waals surface area contributed by atoms with E-state index in [0.29, 0.717) is 19.0 Å². The van der Waals surface area contributed by atoms with Crippen LogP contribution in [0.1, 0.15) is 13.3 Å². The van der Waals surface area contributed by atoms with Gasteiger partial charge < -0.3 is 0 Å². The summed E-state index contributed by atoms with van der Waals surface area (Å²) in [5.74, 6) is 0.452. The number of hydrogen-bond donors (Lipinski definition) is 0. The SMILES string of the molecule is C[C@H]1CCN(S(=O)(=O)Cl)C1. The normalized spacial score (nSPS) is 29.2. The third-order valence-electron chi connectivity index (χ3n) is 1.70. The molecule has 1 atom stereocenters. The Hall–Kier alpha value is 0.200. The van der Waals surface area contributed by atoms with E-state index in [0.717, 1.165) is 6.42 Å². The zero-order valence-electron chi connectivity index (χ0n) is 5.75. The lowest BCUT2D eigenvalue weighted by atomic mass is 10.2. The van der Waals surface area contributed by atoms with Gasteiger partial charge in [0.1, 0.15) is 0 Å². The van der Waals surface area contributed by atoms with E-state index in [1.165, 1.54) is 4.31 Å². The Kier molecular flexibility index (Phi) is 2.22. The fourth-order valence-corrected chi connectivity index (χ4v) is 2.22. The molecular weight excluding hydrogens is 174 g/mol. The smallest absolute Gasteiger partial charge is 0.195 e. The highest BCUT2D eigenvalue weighted by Crippen LogP contribution is 2.20. The summed E-state index contributed by atoms with van der Waals surface area (Å²) >= 11 is 0. The molecule has 0 amide bonds. The van der Waals surface area contributed by atoms with E-state index in [1.54, 1.807) is 0 Å². The molecule has 10 heavy (non-hydrogen) atoms. The molecule has 1 rings (SSSR count). The molecular formula is C5H10ClNO2S. The molecule has 0 aliphatic carbocycles. The van der Waals surface area contributed by atoms with Crippen LogP contribution in [-0.2, 0) is 9.24 Å². The van der Waals surface area contributed by atoms with Crippen molar-refractivity contribution in [2.45, 2.75) is 13.3 Å². The van der Waals surface area contributed by atoms with Gasteiger partial charge in [0.05, 0.1) is 0 Å². The van der Waals surface area contributed by atoms with E-state index in [2.05, 4.69) is 0 Å². The van der Waals surface area contributed by atoms with E-state index in [-0.39, 0.29) is 0 Å². The molecule has 1 saturated heterocycles. The monoisotopic (exact) mass is 183 g/mol. The minimum atomic E-state index is -3.43. The van der Waals surface area contributed by atoms with Gasteiger partial charge >= 0.3 is 0 Å². The quantitative estimate of drug-likeness (QED) is 0.565. The fraction of sp³-hybridized carbons (Fsp3) is 1.00. The van der Waals surface area contributed by atoms with Crippen LogP contribution in [0, 0.1) is 5.92 Å². The average molecular weight is 184 g/mol. The molecule has 0 aromatic rings. The molecule has 0 aromatic heterocycles. The van der Waals surface area contributed by atoms with Gasteiger partial charge in [-0.25, -0.2) is 0 Å². The van der Waals surface area contributed by atoms with Crippen LogP contribution in [0.2, 0.25) is 0 Å². The molecule has 1 aliphatic rings. The van der Waals surface area contributed by atoms with Crippen LogP contribution >= 0.6 is 10.7 Å². The Morgan fingerprint density at radius 3 is 2.40 bits per heavy atom. The van der Waals surface area contributed by atoms with Crippen molar-refractivity contribution in [3.8, 4) is 0 Å². The van der Waals surface area contributed by atoms with Crippen LogP contribution in [0.5, 0.6) is 0 Å². The summed E-state index contributed by atoms with van der Waals surface area (Å²) in [5.41, 5.74) is 0. The molecule has 0 spiro atoms. The van der Waals surface area contributed by atoms with Crippen molar-refractivity contribution in [2.75, 3.05) is 13.1 Å². The Balaban J connectivity index is 2.62. The summed E-state index contributed by atoms with van der Waals surface area (Å²) in [6.45, 7) is 3.17. The largest absolute Gasteiger partial charge is 0.299 e. The van der Waals surface area contributed by atoms with Crippen molar-refractivity contribution in [3.05, 3.63) is 0 Å². The average Bonchev–Trinajstić information content (AvgIpc) is 2.11. The molecule has 0 bridgehead atoms. The van der Waals surface area contributed by atoms with Crippen molar-refractivity contribution in [1.29, 1.82) is 0 Å². The lowest BCUT2D eigenvalue weighted by Gasteiger charge is -2.08. The van der Waals surface area contributed by atoms with Crippen LogP contribution < -0.4 is 0 Å². The number of hydrogen-bond acceptors (Lipinski definition) is 2. The van der Waals surface area contributed by atoms with E-state index in [4.69, 9.17) is 10.7 Å². The molecule has 0 radical (unpaired) electrons. The van der Waals surface area contributed by atoms with Crippen LogP contribution in [0.25, 0.3) is 0 Å². The van der Waals surface area contributed by atoms with Gasteiger partial charge in [-0.15, -0.1) is 0 Å². The Morgan fingerprint density at radius 1 is 1.60 bits per heavy atom. The maximum atomic E-state index is 10.7. The number of nitrogens with zero attached hydrogens (tertiary/aromatic N) is 1. The van der Waals surface area contributed by atoms with Gasteiger partial charge in [-0.3, -0.25) is 0 Å². The Morgan fingerprint density at radius 2 is 2.20 bits per heavy atom. The fourth-order valence-electron chi connectivity index (χ4n) is 1.09. The standard InChI is InChI=1S/C5H10ClNO2S/c1-5-2-3-7(4-5)10(6,8)9/h5H,2-4H2,1H3/t5-/m0/s1. The van der Waals surface area contributed by atoms with E-state index < -0.39 is 9.24 Å². The van der Waals surface area contributed by atoms with E-state index >= 15 is 0 Å². The summed E-state index contributed by atoms with van der Waals surface area (Å²) in [4.78, 5) is 0. The molecule has 60 valence electrons. The predicted molar refractivity (Wildman–Crippen MR) is 40.1 cm³/mol. The topological polar surface area (TPSA) is 37.4 Å². The van der Waals surface area contributed by atoms with E-state index in [1.807, 2.05) is 6.92 Å². The van der Waals surface area contributed by atoms with Crippen LogP contribution in [0.15, 0.2) is 0 Å². The van der Waals surface area contributed by atoms with Crippen molar-refractivity contribution >= 4 is 19.9 Å². The molecule has 1 aliphatic heterocycles. The third-order valence-corrected chi connectivity index (χ3v) is 3.23. The first kappa shape index (κ1) is 8.30. The molecule has 1 fully saturated rings. The maximum Gasteiger partial charge on any atom is 0.299 e. The summed E-state index contributed by atoms with van der Waals surface area (Å²) < 4.78 is 22.6. The lowest BCUT2D eigenvalue weighted by molar-refractivity contribution is 0.477. The van der Waals surface area contributed by atoms with Gasteiger partial charge in [-0.1, -0.05) is 6.92 Å². The molecule has 5 heteroatoms. The van der Waals surface area contributed by atoms with Crippen LogP contribution in [-0.4, -0.2) is 25.8 Å². The highest BCUT2D eigenvalue weighted by Gasteiger charge is 2.26. The first-order chi connectivity index (χ1) is 4.50. The molecule has 1 heterocycles. The van der Waals surface area contributed by atoms with Crippen molar-refractivity contribution in [1.82, 2.24) is 4.31 Å². The first-order valence-corrected chi connectivity index (χ1v) is 5.46. The Labute approximate surface area is 65.5 Å². The molecule has 3 nitrogen and oxygen atoms in total. The maximum absolute atomic E-state index is 10.7. The Bertz CT molecular complexity index is 214. The molecule has 0 N–H and O–H groups in total. The summed E-state index contributed by atoms with van der Waals surface area (Å²) in [6, 6.07) is 0. The summed E-state index contributed by atoms with van der Waals surface area (Å²) in [7, 11) is 1.67. The minimum absolute atomic E-state index is 0.452. The van der Waals surface area contributed by atoms with Gasteiger partial charge in [0.25, 0.3) is 9.24 Å². The number of halogens is 1. The lowest BCUT2D eigenvalue weighted by Crippen LogP contribution is -2.23. The first-order valence-electron chi connectivity index (χ1n) is 3.20. The zero-order valence-corrected chi connectivity index (χ0v) is 7.32. The zero-order chi connectivity index (χ0) is 7.78. The van der Waals surface area contributed by atoms with Crippen LogP contribution in [0.4, 0.5) is 0 Å². The second kappa shape index (κ2) is 2.68. The molecule has 0 aromatic carbocycles. The highest BCUT2D eigenvalue weighted by atomic mass is 35.7. The van der Waals surface area contributed by atoms with Crippen LogP contribution in [0.3, 0.4) is 0 Å². The van der Waals surface area contributed by atoms with Crippen molar-refractivity contribution in [3.63, 3.8) is 0 Å². The number of rotatable bonds is 1. The van der Waals surface area contributed by atoms with Gasteiger partial charge in [0, 0.05) is 23.8 Å². The minimum Gasteiger partial charge on any atom is -0.195 e. The molecule has 0 unspecified atom stereocenters. The second-order valence-electron chi connectivity index (χ2n) is 2.69. The van der Waals surface area contributed by atoms with Gasteiger partial charge in [-0.2, -0.15) is 12.7 Å². The van der Waals surface area contributed by atoms with E-state index in [9.17, 15) is 8.42 Å². The summed E-state index contributed by atoms with van der Waals surface area (Å²) in [6.07, 6.45) is 0.923. The summed E-state index contributed by atoms with van der Waals surface area (Å²) in [5, 5.41) is 0. The van der Waals surface area contributed by atoms with Gasteiger partial charge in [0.15, 0.2) is 0 Å². The molecule has 0 saturated carbocycles. The van der Waals surface area contributed by atoms with Gasteiger partial charge in [-0.05, 0) is 12.3 Å². The van der Waals surface area contributed by atoms with Gasteiger partial charge in [0.2, 0.25) is 0 Å².